The predicted molar refractivity (Wildman–Crippen MR) is 85.7 cm³/mol. The van der Waals surface area contributed by atoms with Crippen LogP contribution in [0.1, 0.15) is 5.56 Å². The molecule has 0 radical (unpaired) electrons. The number of guanidine groups is 1. The van der Waals surface area contributed by atoms with Gasteiger partial charge in [-0.05, 0) is 24.1 Å². The molecule has 0 aliphatic heterocycles. The van der Waals surface area contributed by atoms with E-state index in [9.17, 15) is 0 Å². The largest absolute Gasteiger partial charge is 0.481 e. The Balaban J connectivity index is 2.29. The second-order valence-electron chi connectivity index (χ2n) is 4.31. The standard InChI is InChI=1S/C16H23N3O2/c1-4-12-21-15-7-5-14(6-8-15)9-10-18-16(17-2)19-11-13-20-3/h1,5-8H,9-13H2,2-3H3,(H2,17,18,19). The minimum Gasteiger partial charge on any atom is -0.481 e. The maximum atomic E-state index is 5.33. The molecule has 0 aromatic heterocycles. The van der Waals surface area contributed by atoms with E-state index in [1.54, 1.807) is 14.2 Å². The van der Waals surface area contributed by atoms with Gasteiger partial charge in [0.25, 0.3) is 0 Å². The van der Waals surface area contributed by atoms with Crippen molar-refractivity contribution in [3.63, 3.8) is 0 Å². The number of terminal acetylenes is 1. The van der Waals surface area contributed by atoms with Crippen molar-refractivity contribution in [2.24, 2.45) is 4.99 Å². The average Bonchev–Trinajstić information content (AvgIpc) is 2.52. The molecule has 1 aromatic carbocycles. The van der Waals surface area contributed by atoms with Crippen molar-refractivity contribution in [2.75, 3.05) is 40.5 Å². The van der Waals surface area contributed by atoms with E-state index in [0.717, 1.165) is 31.2 Å². The fourth-order valence-corrected chi connectivity index (χ4v) is 1.69. The molecule has 0 fully saturated rings. The second-order valence-corrected chi connectivity index (χ2v) is 4.31. The van der Waals surface area contributed by atoms with Gasteiger partial charge in [-0.15, -0.1) is 6.42 Å². The van der Waals surface area contributed by atoms with E-state index < -0.39 is 0 Å². The summed E-state index contributed by atoms with van der Waals surface area (Å²) in [7, 11) is 3.43. The Labute approximate surface area is 126 Å². The first-order valence-electron chi connectivity index (χ1n) is 6.88. The molecule has 1 aromatic rings. The van der Waals surface area contributed by atoms with Crippen molar-refractivity contribution in [2.45, 2.75) is 6.42 Å². The summed E-state index contributed by atoms with van der Waals surface area (Å²) < 4.78 is 10.3. The highest BCUT2D eigenvalue weighted by atomic mass is 16.5. The zero-order valence-corrected chi connectivity index (χ0v) is 12.7. The molecule has 0 aliphatic carbocycles. The number of nitrogens with one attached hydrogen (secondary N) is 2. The fraction of sp³-hybridized carbons (Fsp3) is 0.438. The Kier molecular flexibility index (Phi) is 8.50. The third kappa shape index (κ3) is 7.23. The van der Waals surface area contributed by atoms with Crippen molar-refractivity contribution < 1.29 is 9.47 Å². The van der Waals surface area contributed by atoms with Gasteiger partial charge in [0.15, 0.2) is 5.96 Å². The van der Waals surface area contributed by atoms with Crippen LogP contribution in [0.25, 0.3) is 0 Å². The van der Waals surface area contributed by atoms with Gasteiger partial charge in [-0.2, -0.15) is 0 Å². The lowest BCUT2D eigenvalue weighted by Gasteiger charge is -2.11. The van der Waals surface area contributed by atoms with Crippen molar-refractivity contribution >= 4 is 5.96 Å². The molecule has 0 saturated carbocycles. The highest BCUT2D eigenvalue weighted by Gasteiger charge is 1.98. The molecule has 0 atom stereocenters. The summed E-state index contributed by atoms with van der Waals surface area (Å²) in [5.74, 6) is 4.02. The summed E-state index contributed by atoms with van der Waals surface area (Å²) in [5, 5.41) is 6.42. The molecule has 114 valence electrons. The van der Waals surface area contributed by atoms with Crippen LogP contribution >= 0.6 is 0 Å². The molecular weight excluding hydrogens is 266 g/mol. The molecule has 0 saturated heterocycles. The molecule has 0 aliphatic rings. The molecule has 0 amide bonds. The number of rotatable bonds is 8. The normalized spacial score (nSPS) is 10.8. The van der Waals surface area contributed by atoms with Gasteiger partial charge in [-0.1, -0.05) is 18.1 Å². The van der Waals surface area contributed by atoms with Gasteiger partial charge >= 0.3 is 0 Å². The van der Waals surface area contributed by atoms with E-state index in [0.29, 0.717) is 13.2 Å². The van der Waals surface area contributed by atoms with Gasteiger partial charge in [0.1, 0.15) is 12.4 Å². The van der Waals surface area contributed by atoms with Gasteiger partial charge in [-0.25, -0.2) is 0 Å². The summed E-state index contributed by atoms with van der Waals surface area (Å²) in [6, 6.07) is 7.93. The first kappa shape index (κ1) is 16.9. The van der Waals surface area contributed by atoms with Crippen LogP contribution in [0.3, 0.4) is 0 Å². The van der Waals surface area contributed by atoms with E-state index in [1.165, 1.54) is 5.56 Å². The van der Waals surface area contributed by atoms with Crippen LogP contribution in [0.4, 0.5) is 0 Å². The monoisotopic (exact) mass is 289 g/mol. The van der Waals surface area contributed by atoms with E-state index in [4.69, 9.17) is 15.9 Å². The number of ether oxygens (including phenoxy) is 2. The van der Waals surface area contributed by atoms with E-state index in [2.05, 4.69) is 21.5 Å². The molecular formula is C16H23N3O2. The topological polar surface area (TPSA) is 54.9 Å². The summed E-state index contributed by atoms with van der Waals surface area (Å²) in [6.45, 7) is 2.48. The Bertz CT molecular complexity index is 463. The van der Waals surface area contributed by atoms with Gasteiger partial charge < -0.3 is 20.1 Å². The van der Waals surface area contributed by atoms with Crippen LogP contribution in [0.5, 0.6) is 5.75 Å². The Morgan fingerprint density at radius 3 is 2.57 bits per heavy atom. The van der Waals surface area contributed by atoms with Crippen LogP contribution in [0, 0.1) is 12.3 Å². The lowest BCUT2D eigenvalue weighted by molar-refractivity contribution is 0.203. The van der Waals surface area contributed by atoms with E-state index in [1.807, 2.05) is 24.3 Å². The number of aliphatic imine (C=N–C) groups is 1. The van der Waals surface area contributed by atoms with Crippen LogP contribution < -0.4 is 15.4 Å². The molecule has 2 N–H and O–H groups in total. The zero-order chi connectivity index (χ0) is 15.3. The Morgan fingerprint density at radius 1 is 1.24 bits per heavy atom. The SMILES string of the molecule is C#CCOc1ccc(CCNC(=NC)NCCOC)cc1. The molecule has 0 heterocycles. The van der Waals surface area contributed by atoms with Gasteiger partial charge in [-0.3, -0.25) is 4.99 Å². The first-order chi connectivity index (χ1) is 10.3. The van der Waals surface area contributed by atoms with Crippen LogP contribution in [0.2, 0.25) is 0 Å². The van der Waals surface area contributed by atoms with Gasteiger partial charge in [0.2, 0.25) is 0 Å². The van der Waals surface area contributed by atoms with Crippen LogP contribution in [-0.2, 0) is 11.2 Å². The summed E-state index contributed by atoms with van der Waals surface area (Å²) in [6.07, 6.45) is 6.05. The van der Waals surface area contributed by atoms with E-state index >= 15 is 0 Å². The predicted octanol–water partition coefficient (Wildman–Crippen LogP) is 1.05. The Morgan fingerprint density at radius 2 is 1.95 bits per heavy atom. The fourth-order valence-electron chi connectivity index (χ4n) is 1.69. The highest BCUT2D eigenvalue weighted by Crippen LogP contribution is 2.12. The number of hydrogen-bond acceptors (Lipinski definition) is 3. The highest BCUT2D eigenvalue weighted by molar-refractivity contribution is 5.79. The van der Waals surface area contributed by atoms with Gasteiger partial charge in [0.05, 0.1) is 6.61 Å². The first-order valence-corrected chi connectivity index (χ1v) is 6.88. The zero-order valence-electron chi connectivity index (χ0n) is 12.7. The maximum Gasteiger partial charge on any atom is 0.191 e. The summed E-state index contributed by atoms with van der Waals surface area (Å²) >= 11 is 0. The number of benzene rings is 1. The van der Waals surface area contributed by atoms with Gasteiger partial charge in [0, 0.05) is 27.2 Å². The molecule has 1 rings (SSSR count). The molecule has 5 heteroatoms. The van der Waals surface area contributed by atoms with Crippen molar-refractivity contribution in [1.82, 2.24) is 10.6 Å². The maximum absolute atomic E-state index is 5.33. The lowest BCUT2D eigenvalue weighted by atomic mass is 10.1. The summed E-state index contributed by atoms with van der Waals surface area (Å²) in [5.41, 5.74) is 1.22. The molecule has 0 unspecified atom stereocenters. The minimum absolute atomic E-state index is 0.296. The number of methoxy groups -OCH3 is 1. The van der Waals surface area contributed by atoms with Crippen LogP contribution in [0.15, 0.2) is 29.3 Å². The van der Waals surface area contributed by atoms with Crippen molar-refractivity contribution in [1.29, 1.82) is 0 Å². The van der Waals surface area contributed by atoms with E-state index in [-0.39, 0.29) is 0 Å². The Hall–Kier alpha value is -2.19. The lowest BCUT2D eigenvalue weighted by Crippen LogP contribution is -2.39. The number of hydrogen-bond donors (Lipinski definition) is 2. The third-order valence-electron chi connectivity index (χ3n) is 2.77. The number of nitrogens with zero attached hydrogens (tertiary/aromatic N) is 1. The summed E-state index contributed by atoms with van der Waals surface area (Å²) in [4.78, 5) is 4.14. The van der Waals surface area contributed by atoms with Crippen LogP contribution in [-0.4, -0.2) is 46.4 Å². The molecule has 0 bridgehead atoms. The third-order valence-corrected chi connectivity index (χ3v) is 2.77. The molecule has 21 heavy (non-hydrogen) atoms. The van der Waals surface area contributed by atoms with Crippen molar-refractivity contribution in [3.8, 4) is 18.1 Å². The smallest absolute Gasteiger partial charge is 0.191 e. The second kappa shape index (κ2) is 10.6. The average molecular weight is 289 g/mol. The molecule has 5 nitrogen and oxygen atoms in total. The van der Waals surface area contributed by atoms with Crippen molar-refractivity contribution in [3.05, 3.63) is 29.8 Å². The minimum atomic E-state index is 0.296. The molecule has 0 spiro atoms. The quantitative estimate of drug-likeness (QED) is 0.325.